The third-order valence-corrected chi connectivity index (χ3v) is 4.76. The maximum Gasteiger partial charge on any atom is 0.259 e. The van der Waals surface area contributed by atoms with Crippen molar-refractivity contribution in [3.05, 3.63) is 48.2 Å². The second kappa shape index (κ2) is 7.48. The van der Waals surface area contributed by atoms with E-state index in [1.165, 1.54) is 0 Å². The minimum Gasteiger partial charge on any atom is -0.334 e. The Morgan fingerprint density at radius 2 is 1.77 bits per heavy atom. The van der Waals surface area contributed by atoms with Crippen molar-refractivity contribution in [3.8, 4) is 11.3 Å². The van der Waals surface area contributed by atoms with Gasteiger partial charge in [-0.15, -0.1) is 21.1 Å². The number of hydrogen-bond donors (Lipinski definition) is 1. The molecule has 0 aliphatic heterocycles. The molecule has 0 unspecified atom stereocenters. The van der Waals surface area contributed by atoms with Gasteiger partial charge in [-0.25, -0.2) is 9.37 Å². The highest BCUT2D eigenvalue weighted by Gasteiger charge is 2.20. The summed E-state index contributed by atoms with van der Waals surface area (Å²) in [5, 5.41) is 11.2. The molecule has 4 rings (SSSR count). The number of halogens is 1. The van der Waals surface area contributed by atoms with Gasteiger partial charge in [0.15, 0.2) is 5.82 Å². The molecule has 0 bridgehead atoms. The van der Waals surface area contributed by atoms with Gasteiger partial charge < -0.3 is 9.88 Å². The topological polar surface area (TPSA) is 72.7 Å². The highest BCUT2D eigenvalue weighted by Crippen LogP contribution is 2.24. The third-order valence-electron chi connectivity index (χ3n) is 4.76. The fraction of sp³-hybridized carbons (Fsp3) is 0.0526. The molecule has 0 saturated heterocycles. The molecule has 0 spiro atoms. The van der Waals surface area contributed by atoms with Crippen molar-refractivity contribution in [1.82, 2.24) is 19.7 Å². The number of amides is 1. The van der Waals surface area contributed by atoms with Crippen molar-refractivity contribution in [2.75, 3.05) is 5.32 Å². The van der Waals surface area contributed by atoms with Crippen molar-refractivity contribution < 1.29 is 9.18 Å². The molecule has 2 heterocycles. The number of nitrogens with zero attached hydrogens (tertiary/aromatic N) is 4. The van der Waals surface area contributed by atoms with E-state index in [1.54, 1.807) is 24.7 Å². The number of nitrogens with one attached hydrogen (secondary N) is 1. The lowest BCUT2D eigenvalue weighted by molar-refractivity contribution is 0.102. The maximum absolute atomic E-state index is 14.5. The van der Waals surface area contributed by atoms with Crippen molar-refractivity contribution in [3.63, 3.8) is 0 Å². The highest BCUT2D eigenvalue weighted by atomic mass is 19.1. The van der Waals surface area contributed by atoms with Crippen LogP contribution in [-0.4, -0.2) is 57.0 Å². The van der Waals surface area contributed by atoms with E-state index in [1.807, 2.05) is 23.7 Å². The summed E-state index contributed by atoms with van der Waals surface area (Å²) in [4.78, 5) is 16.8. The minimum absolute atomic E-state index is 0.0995. The summed E-state index contributed by atoms with van der Waals surface area (Å²) < 4.78 is 16.4. The zero-order valence-corrected chi connectivity index (χ0v) is 15.8. The monoisotopic (exact) mass is 387 g/mol. The predicted octanol–water partition coefficient (Wildman–Crippen LogP) is -1.40. The van der Waals surface area contributed by atoms with Gasteiger partial charge in [0.05, 0.1) is 29.3 Å². The lowest BCUT2D eigenvalue weighted by Gasteiger charge is -2.17. The van der Waals surface area contributed by atoms with Crippen molar-refractivity contribution in [1.29, 1.82) is 0 Å². The van der Waals surface area contributed by atoms with Crippen LogP contribution in [0, 0.1) is 5.82 Å². The Morgan fingerprint density at radius 3 is 2.47 bits per heavy atom. The van der Waals surface area contributed by atoms with Gasteiger partial charge >= 0.3 is 0 Å². The number of carbonyl (C=O) groups excluding carboxylic acids is 1. The molecule has 1 amide bonds. The summed E-state index contributed by atoms with van der Waals surface area (Å²) in [6.07, 6.45) is 3.43. The number of aromatic nitrogens is 4. The normalized spacial score (nSPS) is 11.0. The Kier molecular flexibility index (Phi) is 4.97. The first kappa shape index (κ1) is 19.9. The molecule has 11 heteroatoms. The Morgan fingerprint density at radius 1 is 1.03 bits per heavy atom. The van der Waals surface area contributed by atoms with Crippen LogP contribution in [0.15, 0.2) is 36.8 Å². The Labute approximate surface area is 176 Å². The number of carbonyl (C=O) groups is 1. The van der Waals surface area contributed by atoms with Crippen molar-refractivity contribution in [2.45, 2.75) is 0 Å². The third kappa shape index (κ3) is 3.30. The fourth-order valence-corrected chi connectivity index (χ4v) is 3.10. The number of fused-ring (bicyclic) bond motifs is 1. The van der Waals surface area contributed by atoms with Crippen molar-refractivity contribution >= 4 is 75.9 Å². The molecule has 0 atom stereocenters. The molecule has 0 aliphatic carbocycles. The molecule has 1 N–H and O–H groups in total. The van der Waals surface area contributed by atoms with Gasteiger partial charge in [-0.2, -0.15) is 0 Å². The van der Waals surface area contributed by atoms with Gasteiger partial charge in [-0.3, -0.25) is 4.79 Å². The van der Waals surface area contributed by atoms with E-state index in [9.17, 15) is 9.18 Å². The molecule has 0 fully saturated rings. The number of rotatable bonds is 3. The number of imidazole rings is 1. The van der Waals surface area contributed by atoms with Gasteiger partial charge in [-0.05, 0) is 18.2 Å². The van der Waals surface area contributed by atoms with E-state index in [0.717, 1.165) is 11.3 Å². The van der Waals surface area contributed by atoms with Crippen LogP contribution in [-0.2, 0) is 7.05 Å². The molecular weight excluding hydrogens is 376 g/mol. The van der Waals surface area contributed by atoms with E-state index >= 15 is 0 Å². The maximum atomic E-state index is 14.5. The largest absolute Gasteiger partial charge is 0.334 e. The van der Waals surface area contributed by atoms with E-state index in [4.69, 9.17) is 31.4 Å². The molecule has 2 aromatic heterocycles. The smallest absolute Gasteiger partial charge is 0.259 e. The van der Waals surface area contributed by atoms with Crippen LogP contribution in [0.4, 0.5) is 10.2 Å². The fourth-order valence-electron chi connectivity index (χ4n) is 3.10. The summed E-state index contributed by atoms with van der Waals surface area (Å²) in [5.74, 6) is -1.83. The van der Waals surface area contributed by atoms with E-state index in [2.05, 4.69) is 20.5 Å². The molecule has 6 nitrogen and oxygen atoms in total. The first-order chi connectivity index (χ1) is 14.3. The second-order valence-electron chi connectivity index (χ2n) is 6.69. The summed E-state index contributed by atoms with van der Waals surface area (Å²) >= 11 is 0. The number of hydrogen-bond acceptors (Lipinski definition) is 4. The Hall–Kier alpha value is -3.35. The quantitative estimate of drug-likeness (QED) is 0.440. The first-order valence-corrected chi connectivity index (χ1v) is 8.74. The lowest BCUT2D eigenvalue weighted by atomic mass is 9.65. The average Bonchev–Trinajstić information content (AvgIpc) is 3.16. The summed E-state index contributed by atoms with van der Waals surface area (Å²) in [7, 11) is 24.6. The summed E-state index contributed by atoms with van der Waals surface area (Å²) in [6, 6.07) is 7.18. The number of anilines is 1. The standard InChI is InChI=1S/C19H10B4FN5O/c1-29-7-25-6-11(29)8-2-3-10-9(4-8)5-12(28-27-10)26-19(30)13-14(20)15(21)16(22)17(23)18(13)24/h2-7H,1H3,(H,26,28,30). The van der Waals surface area contributed by atoms with Crippen molar-refractivity contribution in [2.24, 2.45) is 7.05 Å². The Balaban J connectivity index is 1.71. The highest BCUT2D eigenvalue weighted by molar-refractivity contribution is 6.63. The lowest BCUT2D eigenvalue weighted by Crippen LogP contribution is -2.52. The second-order valence-corrected chi connectivity index (χ2v) is 6.69. The molecule has 8 radical (unpaired) electrons. The SMILES string of the molecule is [B]c1c([B])c([B])c(C(=O)Nc2cc3cc(-c4cncn4C)ccc3nn2)c(F)c1[B]. The molecule has 2 aromatic carbocycles. The number of aryl methyl sites for hydroxylation is 1. The van der Waals surface area contributed by atoms with E-state index in [0.29, 0.717) is 10.9 Å². The van der Waals surface area contributed by atoms with Crippen LogP contribution in [0.5, 0.6) is 0 Å². The minimum atomic E-state index is -1.05. The molecule has 30 heavy (non-hydrogen) atoms. The van der Waals surface area contributed by atoms with Crippen LogP contribution in [0.2, 0.25) is 0 Å². The number of benzene rings is 2. The van der Waals surface area contributed by atoms with Gasteiger partial charge in [0.25, 0.3) is 5.91 Å². The van der Waals surface area contributed by atoms with Crippen LogP contribution < -0.4 is 27.2 Å². The van der Waals surface area contributed by atoms with Crippen LogP contribution >= 0.6 is 0 Å². The van der Waals surface area contributed by atoms with Crippen LogP contribution in [0.25, 0.3) is 22.2 Å². The summed E-state index contributed by atoms with van der Waals surface area (Å²) in [6.45, 7) is 0. The van der Waals surface area contributed by atoms with E-state index < -0.39 is 22.8 Å². The molecule has 0 aliphatic rings. The molecule has 4 aromatic rings. The summed E-state index contributed by atoms with van der Waals surface area (Å²) in [5.41, 5.74) is 0.792. The zero-order valence-electron chi connectivity index (χ0n) is 15.8. The molecule has 136 valence electrons. The van der Waals surface area contributed by atoms with Gasteiger partial charge in [0.1, 0.15) is 37.2 Å². The molecular formula is C19H10B4FN5O. The van der Waals surface area contributed by atoms with Gasteiger partial charge in [0.2, 0.25) is 0 Å². The zero-order chi connectivity index (χ0) is 21.6. The van der Waals surface area contributed by atoms with Gasteiger partial charge in [-0.1, -0.05) is 17.0 Å². The Bertz CT molecular complexity index is 1300. The van der Waals surface area contributed by atoms with Crippen LogP contribution in [0.1, 0.15) is 10.4 Å². The molecule has 0 saturated carbocycles. The predicted molar refractivity (Wildman–Crippen MR) is 118 cm³/mol. The van der Waals surface area contributed by atoms with E-state index in [-0.39, 0.29) is 22.2 Å². The van der Waals surface area contributed by atoms with Crippen LogP contribution in [0.3, 0.4) is 0 Å². The first-order valence-electron chi connectivity index (χ1n) is 8.74. The average molecular weight is 387 g/mol. The van der Waals surface area contributed by atoms with Gasteiger partial charge in [0, 0.05) is 18.0 Å².